The molecule has 1 rings (SSSR count). The molecule has 3 heteroatoms. The number of hydrogen-bond donors (Lipinski definition) is 2. The molecule has 1 saturated carbocycles. The quantitative estimate of drug-likeness (QED) is 0.628. The van der Waals surface area contributed by atoms with Crippen molar-refractivity contribution in [3.63, 3.8) is 0 Å². The highest BCUT2D eigenvalue weighted by Crippen LogP contribution is 2.22. The van der Waals surface area contributed by atoms with Gasteiger partial charge in [-0.2, -0.15) is 0 Å². The standard InChI is InChI=1S/C9H20N2O/c1-7(10-2)6-11-8-4-9(5-8)12-3/h7-11H,4-6H2,1-3H3. The third-order valence-electron chi connectivity index (χ3n) is 2.63. The van der Waals surface area contributed by atoms with Crippen molar-refractivity contribution in [1.29, 1.82) is 0 Å². The molecule has 12 heavy (non-hydrogen) atoms. The van der Waals surface area contributed by atoms with Crippen LogP contribution < -0.4 is 10.6 Å². The largest absolute Gasteiger partial charge is 0.381 e. The summed E-state index contributed by atoms with van der Waals surface area (Å²) in [6.07, 6.45) is 2.85. The molecule has 0 aromatic carbocycles. The number of hydrogen-bond acceptors (Lipinski definition) is 3. The highest BCUT2D eigenvalue weighted by Gasteiger charge is 2.28. The van der Waals surface area contributed by atoms with Crippen LogP contribution in [0.25, 0.3) is 0 Å². The van der Waals surface area contributed by atoms with Gasteiger partial charge in [0.25, 0.3) is 0 Å². The molecule has 0 spiro atoms. The number of nitrogens with one attached hydrogen (secondary N) is 2. The molecule has 1 unspecified atom stereocenters. The molecule has 3 nitrogen and oxygen atoms in total. The van der Waals surface area contributed by atoms with Crippen LogP contribution in [-0.2, 0) is 4.74 Å². The highest BCUT2D eigenvalue weighted by atomic mass is 16.5. The minimum atomic E-state index is 0.507. The first kappa shape index (κ1) is 9.96. The van der Waals surface area contributed by atoms with Crippen LogP contribution >= 0.6 is 0 Å². The molecule has 0 aromatic rings. The van der Waals surface area contributed by atoms with Crippen molar-refractivity contribution in [3.8, 4) is 0 Å². The lowest BCUT2D eigenvalue weighted by Gasteiger charge is -2.35. The number of rotatable bonds is 5. The molecule has 1 atom stereocenters. The molecular formula is C9H20N2O. The van der Waals surface area contributed by atoms with E-state index in [2.05, 4.69) is 17.6 Å². The summed E-state index contributed by atoms with van der Waals surface area (Å²) in [5.74, 6) is 0. The van der Waals surface area contributed by atoms with Crippen molar-refractivity contribution in [1.82, 2.24) is 10.6 Å². The first-order chi connectivity index (χ1) is 5.76. The van der Waals surface area contributed by atoms with Gasteiger partial charge in [0.2, 0.25) is 0 Å². The first-order valence-electron chi connectivity index (χ1n) is 4.69. The van der Waals surface area contributed by atoms with Gasteiger partial charge in [-0.3, -0.25) is 0 Å². The molecule has 1 fully saturated rings. The van der Waals surface area contributed by atoms with Crippen molar-refractivity contribution in [3.05, 3.63) is 0 Å². The van der Waals surface area contributed by atoms with Gasteiger partial charge in [0, 0.05) is 25.7 Å². The molecule has 1 aliphatic carbocycles. The maximum atomic E-state index is 5.19. The fourth-order valence-corrected chi connectivity index (χ4v) is 1.37. The summed E-state index contributed by atoms with van der Waals surface area (Å²) in [4.78, 5) is 0. The van der Waals surface area contributed by atoms with Crippen molar-refractivity contribution < 1.29 is 4.74 Å². The first-order valence-corrected chi connectivity index (χ1v) is 4.69. The van der Waals surface area contributed by atoms with E-state index in [0.29, 0.717) is 18.2 Å². The molecule has 2 N–H and O–H groups in total. The summed E-state index contributed by atoms with van der Waals surface area (Å²) in [7, 11) is 3.78. The summed E-state index contributed by atoms with van der Waals surface area (Å²) in [5, 5.41) is 6.69. The maximum Gasteiger partial charge on any atom is 0.0601 e. The monoisotopic (exact) mass is 172 g/mol. The molecule has 0 saturated heterocycles. The zero-order valence-corrected chi connectivity index (χ0v) is 8.26. The number of methoxy groups -OCH3 is 1. The molecule has 1 aliphatic rings. The van der Waals surface area contributed by atoms with E-state index in [0.717, 1.165) is 6.54 Å². The van der Waals surface area contributed by atoms with E-state index in [-0.39, 0.29) is 0 Å². The lowest BCUT2D eigenvalue weighted by Crippen LogP contribution is -2.48. The predicted octanol–water partition coefficient (Wildman–Crippen LogP) is 0.361. The summed E-state index contributed by atoms with van der Waals surface area (Å²) in [6, 6.07) is 1.25. The molecule has 0 bridgehead atoms. The predicted molar refractivity (Wildman–Crippen MR) is 50.3 cm³/mol. The second-order valence-electron chi connectivity index (χ2n) is 3.62. The summed E-state index contributed by atoms with van der Waals surface area (Å²) in [6.45, 7) is 3.23. The fourth-order valence-electron chi connectivity index (χ4n) is 1.37. The SMILES string of the molecule is CNC(C)CNC1CC(OC)C1. The van der Waals surface area contributed by atoms with Crippen LogP contribution in [-0.4, -0.2) is 38.9 Å². The van der Waals surface area contributed by atoms with Crippen molar-refractivity contribution in [2.45, 2.75) is 38.0 Å². The normalized spacial score (nSPS) is 31.2. The average Bonchev–Trinajstić information content (AvgIpc) is 2.01. The van der Waals surface area contributed by atoms with Gasteiger partial charge < -0.3 is 15.4 Å². The minimum absolute atomic E-state index is 0.507. The van der Waals surface area contributed by atoms with E-state index in [9.17, 15) is 0 Å². The Bertz CT molecular complexity index is 124. The Balaban J connectivity index is 1.96. The average molecular weight is 172 g/mol. The van der Waals surface area contributed by atoms with Crippen molar-refractivity contribution in [2.24, 2.45) is 0 Å². The molecular weight excluding hydrogens is 152 g/mol. The molecule has 72 valence electrons. The van der Waals surface area contributed by atoms with E-state index in [1.165, 1.54) is 12.8 Å². The van der Waals surface area contributed by atoms with Crippen molar-refractivity contribution >= 4 is 0 Å². The summed E-state index contributed by atoms with van der Waals surface area (Å²) >= 11 is 0. The van der Waals surface area contributed by atoms with Crippen LogP contribution in [0.2, 0.25) is 0 Å². The van der Waals surface area contributed by atoms with E-state index in [1.807, 2.05) is 7.05 Å². The smallest absolute Gasteiger partial charge is 0.0601 e. The van der Waals surface area contributed by atoms with Gasteiger partial charge >= 0.3 is 0 Å². The number of likely N-dealkylation sites (N-methyl/N-ethyl adjacent to an activating group) is 1. The van der Waals surface area contributed by atoms with Crippen LogP contribution in [0.5, 0.6) is 0 Å². The third-order valence-corrected chi connectivity index (χ3v) is 2.63. The van der Waals surface area contributed by atoms with Gasteiger partial charge in [0.1, 0.15) is 0 Å². The van der Waals surface area contributed by atoms with E-state index < -0.39 is 0 Å². The van der Waals surface area contributed by atoms with E-state index in [1.54, 1.807) is 7.11 Å². The van der Waals surface area contributed by atoms with E-state index >= 15 is 0 Å². The van der Waals surface area contributed by atoms with Crippen LogP contribution in [0.1, 0.15) is 19.8 Å². The second kappa shape index (κ2) is 4.80. The summed E-state index contributed by atoms with van der Waals surface area (Å²) in [5.41, 5.74) is 0. The molecule has 0 aromatic heterocycles. The lowest BCUT2D eigenvalue weighted by atomic mass is 9.89. The van der Waals surface area contributed by atoms with E-state index in [4.69, 9.17) is 4.74 Å². The Labute approximate surface area is 74.9 Å². The Kier molecular flexibility index (Phi) is 3.98. The van der Waals surface area contributed by atoms with Gasteiger partial charge in [0.05, 0.1) is 6.10 Å². The summed E-state index contributed by atoms with van der Waals surface area (Å²) < 4.78 is 5.19. The van der Waals surface area contributed by atoms with Crippen LogP contribution in [0.3, 0.4) is 0 Å². The molecule has 0 amide bonds. The highest BCUT2D eigenvalue weighted by molar-refractivity contribution is 4.86. The Morgan fingerprint density at radius 2 is 2.17 bits per heavy atom. The topological polar surface area (TPSA) is 33.3 Å². The van der Waals surface area contributed by atoms with Gasteiger partial charge in [-0.1, -0.05) is 0 Å². The van der Waals surface area contributed by atoms with Crippen LogP contribution in [0.15, 0.2) is 0 Å². The van der Waals surface area contributed by atoms with Crippen molar-refractivity contribution in [2.75, 3.05) is 20.7 Å². The second-order valence-corrected chi connectivity index (χ2v) is 3.62. The zero-order chi connectivity index (χ0) is 8.97. The molecule has 0 heterocycles. The Hall–Kier alpha value is -0.120. The fraction of sp³-hybridized carbons (Fsp3) is 1.00. The van der Waals surface area contributed by atoms with Crippen LogP contribution in [0.4, 0.5) is 0 Å². The Morgan fingerprint density at radius 1 is 1.50 bits per heavy atom. The maximum absolute atomic E-state index is 5.19. The molecule has 0 aliphatic heterocycles. The van der Waals surface area contributed by atoms with Crippen LogP contribution in [0, 0.1) is 0 Å². The zero-order valence-electron chi connectivity index (χ0n) is 8.26. The lowest BCUT2D eigenvalue weighted by molar-refractivity contribution is 0.0171. The number of ether oxygens (including phenoxy) is 1. The van der Waals surface area contributed by atoms with Gasteiger partial charge in [-0.15, -0.1) is 0 Å². The van der Waals surface area contributed by atoms with Gasteiger partial charge in [0.15, 0.2) is 0 Å². The minimum Gasteiger partial charge on any atom is -0.381 e. The Morgan fingerprint density at radius 3 is 2.67 bits per heavy atom. The van der Waals surface area contributed by atoms with Gasteiger partial charge in [-0.05, 0) is 26.8 Å². The van der Waals surface area contributed by atoms with Gasteiger partial charge in [-0.25, -0.2) is 0 Å². The molecule has 0 radical (unpaired) electrons. The third kappa shape index (κ3) is 2.73.